The second-order valence-corrected chi connectivity index (χ2v) is 5.65. The minimum atomic E-state index is 0. The van der Waals surface area contributed by atoms with E-state index in [1.54, 1.807) is 18.4 Å². The van der Waals surface area contributed by atoms with Crippen LogP contribution in [0.2, 0.25) is 0 Å². The summed E-state index contributed by atoms with van der Waals surface area (Å²) in [7, 11) is 1.80. The van der Waals surface area contributed by atoms with Gasteiger partial charge >= 0.3 is 0 Å². The predicted octanol–water partition coefficient (Wildman–Crippen LogP) is 2.95. The van der Waals surface area contributed by atoms with Crippen molar-refractivity contribution >= 4 is 41.3 Å². The molecular formula is C16H31IN4OS. The number of hydrogen-bond donors (Lipinski definition) is 2. The molecule has 1 rings (SSSR count). The van der Waals surface area contributed by atoms with Crippen LogP contribution in [-0.4, -0.2) is 57.3 Å². The number of hydrogen-bond acceptors (Lipinski definition) is 4. The Balaban J connectivity index is 0.00000484. The van der Waals surface area contributed by atoms with E-state index in [2.05, 4.69) is 51.2 Å². The molecule has 0 aliphatic carbocycles. The molecule has 1 atom stereocenters. The Kier molecular flexibility index (Phi) is 13.8. The smallest absolute Gasteiger partial charge is 0.191 e. The van der Waals surface area contributed by atoms with Gasteiger partial charge < -0.3 is 15.4 Å². The Bertz CT molecular complexity index is 410. The minimum absolute atomic E-state index is 0. The van der Waals surface area contributed by atoms with Crippen molar-refractivity contribution in [3.05, 3.63) is 22.4 Å². The average molecular weight is 454 g/mol. The molecule has 0 spiro atoms. The van der Waals surface area contributed by atoms with E-state index < -0.39 is 0 Å². The molecule has 7 heteroatoms. The maximum absolute atomic E-state index is 5.33. The molecule has 0 aliphatic rings. The molecule has 1 unspecified atom stereocenters. The lowest BCUT2D eigenvalue weighted by Gasteiger charge is -2.30. The Morgan fingerprint density at radius 1 is 1.30 bits per heavy atom. The van der Waals surface area contributed by atoms with Crippen LogP contribution in [0, 0.1) is 0 Å². The van der Waals surface area contributed by atoms with E-state index in [0.717, 1.165) is 38.7 Å². The highest BCUT2D eigenvalue weighted by Gasteiger charge is 2.18. The lowest BCUT2D eigenvalue weighted by molar-refractivity contribution is 0.152. The molecule has 0 saturated carbocycles. The lowest BCUT2D eigenvalue weighted by atomic mass is 10.1. The molecule has 134 valence electrons. The van der Waals surface area contributed by atoms with Gasteiger partial charge in [-0.2, -0.15) is 11.3 Å². The van der Waals surface area contributed by atoms with E-state index in [0.29, 0.717) is 12.6 Å². The van der Waals surface area contributed by atoms with E-state index >= 15 is 0 Å². The van der Waals surface area contributed by atoms with E-state index in [-0.39, 0.29) is 24.0 Å². The minimum Gasteiger partial charge on any atom is -0.380 e. The summed E-state index contributed by atoms with van der Waals surface area (Å²) in [6, 6.07) is 2.58. The first-order valence-corrected chi connectivity index (χ1v) is 8.99. The Labute approximate surface area is 161 Å². The van der Waals surface area contributed by atoms with Crippen molar-refractivity contribution in [2.24, 2.45) is 4.99 Å². The molecule has 23 heavy (non-hydrogen) atoms. The van der Waals surface area contributed by atoms with Crippen LogP contribution in [0.1, 0.15) is 32.4 Å². The van der Waals surface area contributed by atoms with Crippen LogP contribution in [0.15, 0.2) is 21.8 Å². The predicted molar refractivity (Wildman–Crippen MR) is 111 cm³/mol. The highest BCUT2D eigenvalue weighted by Crippen LogP contribution is 2.22. The molecule has 2 N–H and O–H groups in total. The maximum atomic E-state index is 5.33. The summed E-state index contributed by atoms with van der Waals surface area (Å²) in [4.78, 5) is 6.73. The highest BCUT2D eigenvalue weighted by atomic mass is 127. The van der Waals surface area contributed by atoms with Crippen molar-refractivity contribution < 1.29 is 4.74 Å². The van der Waals surface area contributed by atoms with Gasteiger partial charge in [-0.05, 0) is 42.4 Å². The molecule has 0 amide bonds. The highest BCUT2D eigenvalue weighted by molar-refractivity contribution is 14.0. The van der Waals surface area contributed by atoms with E-state index in [4.69, 9.17) is 4.74 Å². The number of likely N-dealkylation sites (N-methyl/N-ethyl adjacent to an activating group) is 1. The van der Waals surface area contributed by atoms with E-state index in [1.165, 1.54) is 5.56 Å². The Morgan fingerprint density at radius 2 is 2.04 bits per heavy atom. The van der Waals surface area contributed by atoms with Crippen molar-refractivity contribution in [1.29, 1.82) is 0 Å². The van der Waals surface area contributed by atoms with Gasteiger partial charge in [0.2, 0.25) is 0 Å². The average Bonchev–Trinajstić information content (AvgIpc) is 3.07. The summed E-state index contributed by atoms with van der Waals surface area (Å²) < 4.78 is 5.33. The van der Waals surface area contributed by atoms with Gasteiger partial charge in [-0.15, -0.1) is 24.0 Å². The molecule has 0 aliphatic heterocycles. The summed E-state index contributed by atoms with van der Waals surface area (Å²) in [5.41, 5.74) is 1.37. The number of aliphatic imine (C=N–C) groups is 1. The molecule has 1 aromatic rings. The van der Waals surface area contributed by atoms with Gasteiger partial charge in [0, 0.05) is 26.7 Å². The molecule has 0 radical (unpaired) electrons. The maximum Gasteiger partial charge on any atom is 0.191 e. The quantitative estimate of drug-likeness (QED) is 0.247. The largest absolute Gasteiger partial charge is 0.380 e. The third-order valence-electron chi connectivity index (χ3n) is 3.61. The van der Waals surface area contributed by atoms with Gasteiger partial charge in [0.15, 0.2) is 5.96 Å². The van der Waals surface area contributed by atoms with E-state index in [9.17, 15) is 0 Å². The SMILES string of the molecule is CCOCCNC(=NC)NCC(c1ccsc1)N(CC)CC.I. The van der Waals surface area contributed by atoms with Crippen molar-refractivity contribution in [1.82, 2.24) is 15.5 Å². The summed E-state index contributed by atoms with van der Waals surface area (Å²) in [5.74, 6) is 0.826. The number of rotatable bonds is 10. The first kappa shape index (κ1) is 22.6. The molecule has 0 fully saturated rings. The fourth-order valence-electron chi connectivity index (χ4n) is 2.39. The second kappa shape index (κ2) is 14.0. The summed E-state index contributed by atoms with van der Waals surface area (Å²) in [6.07, 6.45) is 0. The van der Waals surface area contributed by atoms with Crippen molar-refractivity contribution in [2.45, 2.75) is 26.8 Å². The van der Waals surface area contributed by atoms with Crippen molar-refractivity contribution in [3.63, 3.8) is 0 Å². The number of guanidine groups is 1. The monoisotopic (exact) mass is 454 g/mol. The first-order valence-electron chi connectivity index (χ1n) is 8.05. The van der Waals surface area contributed by atoms with Gasteiger partial charge in [0.1, 0.15) is 0 Å². The molecule has 5 nitrogen and oxygen atoms in total. The van der Waals surface area contributed by atoms with Crippen LogP contribution in [0.5, 0.6) is 0 Å². The van der Waals surface area contributed by atoms with Gasteiger partial charge in [0.25, 0.3) is 0 Å². The van der Waals surface area contributed by atoms with Crippen LogP contribution in [-0.2, 0) is 4.74 Å². The molecule has 0 aromatic carbocycles. The third kappa shape index (κ3) is 8.32. The third-order valence-corrected chi connectivity index (χ3v) is 4.31. The van der Waals surface area contributed by atoms with Gasteiger partial charge in [-0.25, -0.2) is 0 Å². The summed E-state index contributed by atoms with van der Waals surface area (Å²) in [5, 5.41) is 11.1. The van der Waals surface area contributed by atoms with Gasteiger partial charge in [0.05, 0.1) is 12.6 Å². The van der Waals surface area contributed by atoms with Gasteiger partial charge in [-0.1, -0.05) is 13.8 Å². The summed E-state index contributed by atoms with van der Waals surface area (Å²) in [6.45, 7) is 11.5. The second-order valence-electron chi connectivity index (χ2n) is 4.87. The first-order chi connectivity index (χ1) is 10.8. The number of nitrogens with zero attached hydrogens (tertiary/aromatic N) is 2. The molecular weight excluding hydrogens is 423 g/mol. The van der Waals surface area contributed by atoms with Crippen LogP contribution in [0.25, 0.3) is 0 Å². The number of ether oxygens (including phenoxy) is 1. The Morgan fingerprint density at radius 3 is 2.57 bits per heavy atom. The van der Waals surface area contributed by atoms with Crippen molar-refractivity contribution in [2.75, 3.05) is 46.4 Å². The Hall–Kier alpha value is -0.380. The number of thiophene rings is 1. The summed E-state index contributed by atoms with van der Waals surface area (Å²) >= 11 is 1.75. The number of halogens is 1. The standard InChI is InChI=1S/C16H30N4OS.HI/c1-5-20(6-2)15(14-8-11-22-13-14)12-19-16(17-4)18-9-10-21-7-3;/h8,11,13,15H,5-7,9-10,12H2,1-4H3,(H2,17,18,19);1H. The van der Waals surface area contributed by atoms with Crippen LogP contribution < -0.4 is 10.6 Å². The molecule has 0 saturated heterocycles. The zero-order valence-corrected chi connectivity index (χ0v) is 17.8. The molecule has 0 bridgehead atoms. The van der Waals surface area contributed by atoms with Crippen LogP contribution in [0.4, 0.5) is 0 Å². The normalized spacial score (nSPS) is 12.8. The fraction of sp³-hybridized carbons (Fsp3) is 0.688. The van der Waals surface area contributed by atoms with Crippen molar-refractivity contribution in [3.8, 4) is 0 Å². The van der Waals surface area contributed by atoms with Crippen LogP contribution >= 0.6 is 35.3 Å². The fourth-order valence-corrected chi connectivity index (χ4v) is 3.09. The van der Waals surface area contributed by atoms with Gasteiger partial charge in [-0.3, -0.25) is 9.89 Å². The zero-order chi connectivity index (χ0) is 16.2. The lowest BCUT2D eigenvalue weighted by Crippen LogP contribution is -2.44. The molecule has 1 aromatic heterocycles. The number of nitrogens with one attached hydrogen (secondary N) is 2. The van der Waals surface area contributed by atoms with E-state index in [1.807, 2.05) is 6.92 Å². The topological polar surface area (TPSA) is 48.9 Å². The van der Waals surface area contributed by atoms with Crippen LogP contribution in [0.3, 0.4) is 0 Å². The molecule has 1 heterocycles. The zero-order valence-electron chi connectivity index (χ0n) is 14.7.